The fraction of sp³-hybridized carbons (Fsp3) is 0.168. The van der Waals surface area contributed by atoms with Crippen LogP contribution in [0.15, 0.2) is 316 Å². The molecule has 0 saturated carbocycles. The molecular formula is C107H95F6N13O16. The molecule has 0 unspecified atom stereocenters. The van der Waals surface area contributed by atoms with Crippen molar-refractivity contribution < 1.29 is 81.0 Å². The maximum absolute atomic E-state index is 13.4. The van der Waals surface area contributed by atoms with Crippen LogP contribution in [0.5, 0.6) is 5.75 Å². The Labute approximate surface area is 805 Å². The van der Waals surface area contributed by atoms with Crippen LogP contribution in [0.2, 0.25) is 0 Å². The first-order chi connectivity index (χ1) is 68.0. The second-order valence-corrected chi connectivity index (χ2v) is 33.4. The van der Waals surface area contributed by atoms with E-state index in [1.165, 1.54) is 111 Å². The number of carbonyl (C=O) groups is 5. The molecule has 10 N–H and O–H groups in total. The van der Waals surface area contributed by atoms with Crippen LogP contribution in [0.3, 0.4) is 0 Å². The number of nitrogens with one attached hydrogen (secondary N) is 5. The van der Waals surface area contributed by atoms with Crippen molar-refractivity contribution in [3.05, 3.63) is 439 Å². The molecule has 17 rings (SSSR count). The van der Waals surface area contributed by atoms with Gasteiger partial charge < -0.3 is 24.3 Å². The predicted octanol–water partition coefficient (Wildman–Crippen LogP) is 16.9. The zero-order valence-electron chi connectivity index (χ0n) is 77.2. The number of alkyl halides is 6. The van der Waals surface area contributed by atoms with Crippen molar-refractivity contribution in [1.29, 1.82) is 0 Å². The molecule has 0 aliphatic rings. The van der Waals surface area contributed by atoms with Crippen LogP contribution in [0.25, 0.3) is 65.4 Å². The number of rotatable bonds is 24. The summed E-state index contributed by atoms with van der Waals surface area (Å²) in [6.07, 6.45) is -1.74. The van der Waals surface area contributed by atoms with Gasteiger partial charge >= 0.3 is 12.4 Å². The van der Waals surface area contributed by atoms with Crippen LogP contribution in [-0.4, -0.2) is 113 Å². The van der Waals surface area contributed by atoms with Gasteiger partial charge in [-0.2, -0.15) is 26.3 Å². The number of methoxy groups -OCH3 is 1. The van der Waals surface area contributed by atoms with Gasteiger partial charge in [-0.15, -0.1) is 0 Å². The third-order valence-electron chi connectivity index (χ3n) is 23.3. The Bertz CT molecular complexity index is 7880. The van der Waals surface area contributed by atoms with E-state index in [0.29, 0.717) is 77.1 Å². The average Bonchev–Trinajstić information content (AvgIpc) is 0.730. The molecule has 0 fully saturated rings. The van der Waals surface area contributed by atoms with Crippen molar-refractivity contribution in [3.63, 3.8) is 0 Å². The van der Waals surface area contributed by atoms with Gasteiger partial charge in [-0.05, 0) is 233 Å². The zero-order chi connectivity index (χ0) is 102. The van der Waals surface area contributed by atoms with E-state index in [1.807, 2.05) is 93.6 Å². The number of aromatic nitrogens is 8. The molecule has 17 aromatic rings. The summed E-state index contributed by atoms with van der Waals surface area (Å²) in [5, 5.41) is 50.6. The lowest BCUT2D eigenvalue weighted by atomic mass is 9.98. The van der Waals surface area contributed by atoms with E-state index in [4.69, 9.17) is 30.7 Å². The maximum Gasteiger partial charge on any atom is 0.416 e. The summed E-state index contributed by atoms with van der Waals surface area (Å²) < 4.78 is 90.5. The highest BCUT2D eigenvalue weighted by Gasteiger charge is 2.34. The third-order valence-corrected chi connectivity index (χ3v) is 23.3. The highest BCUT2D eigenvalue weighted by atomic mass is 19.4. The number of ketones is 1. The van der Waals surface area contributed by atoms with Gasteiger partial charge in [0, 0.05) is 76.2 Å². The van der Waals surface area contributed by atoms with E-state index in [0.717, 1.165) is 102 Å². The summed E-state index contributed by atoms with van der Waals surface area (Å²) in [5.41, 5.74) is 16.3. The first kappa shape index (κ1) is 102. The SMILES string of the molecule is CC(C)c1ccc(-c2cccc(Cn3cnc4ccc(C(=O)CO)cc4c3=O)c2)cc1.COc1ccc(NCCCn2ccc3ccc(C(=O)NO)cc3c2=O)cc1.Cc1cc(C)cc(Cn2ccc3ccc(C(=O)NO)cc3c2=O)c1.Cc1ccccc1Cc1nc2cc(C(=O)NO)ccc2c(=O)n1Cc1ccc(C(F)(F)F)cc1.O=C(NO)c1ccc2ncn(Cc3ccccc3C(F)(F)F)c(=O)c2c1. The molecule has 0 bridgehead atoms. The largest absolute Gasteiger partial charge is 0.497 e. The summed E-state index contributed by atoms with van der Waals surface area (Å²) in [6, 6.07) is 73.8. The molecule has 29 nitrogen and oxygen atoms in total. The van der Waals surface area contributed by atoms with Gasteiger partial charge in [0.15, 0.2) is 5.78 Å². The molecule has 12 aromatic carbocycles. The standard InChI is InChI=1S/C26H24N2O3.C25H20F3N3O3.C20H21N3O4.C19H18N2O3.C17H12F3N3O3/c1-17(2)19-6-8-20(9-7-19)21-5-3-4-18(12-21)14-28-16-27-24-11-10-22(25(30)15-29)13-23(24)26(28)31;1-15-4-2-3-5-17(15)13-22-29-21-12-18(23(32)30-34)8-11-20(21)24(33)31(22)14-16-6-9-19(10-7-16)25(26,27)28;1-27-17-7-5-16(6-8-17)21-10-2-11-23-12-9-14-3-4-15(19(24)22-26)13-18(14)20(23)25;1-12-7-13(2)9-14(8-12)11-21-6-5-15-3-4-16(18(22)20-24)10-17(15)19(21)23;18-17(19,20)13-4-2-1-3-11(13)8-23-9-21-14-6-5-10(15(24)22-26)7-12(14)16(23)25/h3-13,16-17,29H,14-15H2,1-2H3;2-12,34H,13-14H2,1H3,(H,30,32);3-9,12-13,21,26H,2,10-11H2,1H3,(H,22,24);3-10,24H,11H2,1-2H3,(H,20,22);1-7,9,26H,8H2,(H,22,24). The van der Waals surface area contributed by atoms with E-state index >= 15 is 0 Å². The number of nitrogens with zero attached hydrogens (tertiary/aromatic N) is 8. The maximum atomic E-state index is 13.4. The number of aliphatic hydroxyl groups excluding tert-OH is 1. The topological polar surface area (TPSA) is 405 Å². The molecule has 0 saturated heterocycles. The van der Waals surface area contributed by atoms with Gasteiger partial charge in [-0.1, -0.05) is 152 Å². The lowest BCUT2D eigenvalue weighted by molar-refractivity contribution is -0.138. The molecule has 35 heteroatoms. The summed E-state index contributed by atoms with van der Waals surface area (Å²) in [6.45, 7) is 11.5. The minimum atomic E-state index is -4.54. The van der Waals surface area contributed by atoms with Gasteiger partial charge in [0.05, 0.1) is 89.8 Å². The number of fused-ring (bicyclic) bond motifs is 5. The number of hydroxylamine groups is 4. The first-order valence-corrected chi connectivity index (χ1v) is 44.2. The van der Waals surface area contributed by atoms with E-state index < -0.39 is 65.1 Å². The van der Waals surface area contributed by atoms with E-state index in [-0.39, 0.29) is 84.9 Å². The van der Waals surface area contributed by atoms with Crippen molar-refractivity contribution in [2.45, 2.75) is 98.5 Å². The van der Waals surface area contributed by atoms with Crippen LogP contribution in [0.1, 0.15) is 145 Å². The summed E-state index contributed by atoms with van der Waals surface area (Å²) in [7, 11) is 1.63. The monoisotopic (exact) mass is 1930 g/mol. The van der Waals surface area contributed by atoms with Crippen molar-refractivity contribution in [1.82, 2.24) is 59.7 Å². The van der Waals surface area contributed by atoms with Crippen molar-refractivity contribution in [3.8, 4) is 16.9 Å². The summed E-state index contributed by atoms with van der Waals surface area (Å²) >= 11 is 0. The molecule has 142 heavy (non-hydrogen) atoms. The minimum Gasteiger partial charge on any atom is -0.497 e. The fourth-order valence-electron chi connectivity index (χ4n) is 15.8. The number of aryl methyl sites for hydroxylation is 4. The zero-order valence-corrected chi connectivity index (χ0v) is 77.2. The normalized spacial score (nSPS) is 11.2. The van der Waals surface area contributed by atoms with E-state index in [1.54, 1.807) is 81.5 Å². The molecule has 0 aliphatic carbocycles. The molecule has 0 atom stereocenters. The first-order valence-electron chi connectivity index (χ1n) is 44.2. The van der Waals surface area contributed by atoms with Gasteiger partial charge in [0.25, 0.3) is 51.4 Å². The highest BCUT2D eigenvalue weighted by Crippen LogP contribution is 2.34. The van der Waals surface area contributed by atoms with Crippen molar-refractivity contribution in [2.24, 2.45) is 0 Å². The molecule has 0 spiro atoms. The Kier molecular flexibility index (Phi) is 33.2. The predicted molar refractivity (Wildman–Crippen MR) is 524 cm³/mol. The minimum absolute atomic E-state index is 0.0207. The number of hydrogen-bond donors (Lipinski definition) is 10. The lowest BCUT2D eigenvalue weighted by Crippen LogP contribution is -2.27. The van der Waals surface area contributed by atoms with Gasteiger partial charge in [0.2, 0.25) is 0 Å². The number of ether oxygens (including phenoxy) is 1. The van der Waals surface area contributed by atoms with E-state index in [2.05, 4.69) is 88.7 Å². The molecule has 5 aromatic heterocycles. The Balaban J connectivity index is 0.000000150. The number of benzene rings is 12. The van der Waals surface area contributed by atoms with Crippen molar-refractivity contribution >= 4 is 89.4 Å². The smallest absolute Gasteiger partial charge is 0.416 e. The summed E-state index contributed by atoms with van der Waals surface area (Å²) in [4.78, 5) is 136. The van der Waals surface area contributed by atoms with Gasteiger partial charge in [-0.3, -0.25) is 82.5 Å². The number of aliphatic hydroxyl groups is 1. The lowest BCUT2D eigenvalue weighted by Gasteiger charge is -2.16. The number of amides is 4. The van der Waals surface area contributed by atoms with Gasteiger partial charge in [0.1, 0.15) is 18.2 Å². The molecule has 0 radical (unpaired) electrons. The molecular weight excluding hydrogens is 1840 g/mol. The molecule has 5 heterocycles. The molecule has 726 valence electrons. The number of pyridine rings is 2. The quantitative estimate of drug-likeness (QED) is 0.00883. The number of halogens is 6. The second kappa shape index (κ2) is 46.0. The van der Waals surface area contributed by atoms with Crippen LogP contribution in [0, 0.1) is 20.8 Å². The summed E-state index contributed by atoms with van der Waals surface area (Å²) in [5.74, 6) is -1.57. The highest BCUT2D eigenvalue weighted by molar-refractivity contribution is 6.01. The van der Waals surface area contributed by atoms with Gasteiger partial charge in [-0.25, -0.2) is 36.9 Å². The number of anilines is 1. The Morgan fingerprint density at radius 2 is 0.930 bits per heavy atom. The van der Waals surface area contributed by atoms with Crippen LogP contribution >= 0.6 is 0 Å². The van der Waals surface area contributed by atoms with Crippen molar-refractivity contribution in [2.75, 3.05) is 25.6 Å². The fourth-order valence-corrected chi connectivity index (χ4v) is 15.8. The van der Waals surface area contributed by atoms with Crippen LogP contribution < -0.4 is 59.8 Å². The Hall–Kier alpha value is -17.0. The average molecular weight is 1930 g/mol. The van der Waals surface area contributed by atoms with Crippen LogP contribution in [-0.2, 0) is 51.5 Å². The van der Waals surface area contributed by atoms with E-state index in [9.17, 15) is 74.3 Å². The number of hydrogen-bond acceptors (Lipinski definition) is 20. The second-order valence-electron chi connectivity index (χ2n) is 33.4. The molecule has 0 aliphatic heterocycles. The van der Waals surface area contributed by atoms with Crippen LogP contribution in [0.4, 0.5) is 32.0 Å². The Morgan fingerprint density at radius 1 is 0.423 bits per heavy atom. The molecule has 4 amide bonds. The number of carbonyl (C=O) groups excluding carboxylic acids is 5. The third kappa shape index (κ3) is 25.3. The Morgan fingerprint density at radius 3 is 1.49 bits per heavy atom. The number of Topliss-reactive ketones (excluding diaryl/α,β-unsaturated/α-hetero) is 1.